The van der Waals surface area contributed by atoms with E-state index in [0.29, 0.717) is 42.5 Å². The van der Waals surface area contributed by atoms with Crippen LogP contribution < -0.4 is 14.8 Å². The Balaban J connectivity index is 1.19. The lowest BCUT2D eigenvalue weighted by molar-refractivity contribution is -0.142. The Morgan fingerprint density at radius 1 is 1.17 bits per heavy atom. The van der Waals surface area contributed by atoms with Crippen molar-refractivity contribution in [2.24, 2.45) is 5.92 Å². The van der Waals surface area contributed by atoms with Crippen molar-refractivity contribution in [2.45, 2.75) is 63.7 Å². The maximum Gasteiger partial charge on any atom is 0.325 e. The number of carbonyl (C=O) groups is 3. The maximum absolute atomic E-state index is 13.8. The molecule has 1 aromatic heterocycles. The predicted octanol–water partition coefficient (Wildman–Crippen LogP) is 3.25. The molecule has 2 heterocycles. The Morgan fingerprint density at radius 2 is 1.98 bits per heavy atom. The second-order valence-electron chi connectivity index (χ2n) is 11.4. The van der Waals surface area contributed by atoms with Crippen molar-refractivity contribution < 1.29 is 23.9 Å². The molecule has 1 spiro atoms. The minimum absolute atomic E-state index is 0.0694. The largest absolute Gasteiger partial charge is 0.497 e. The SMILES string of the molecule is COc1ccc(Cn2cc(CN(C(=O)CN3C(=O)N[C@]4(CCc5ccccc54)C3=O)[C@@H](C)C3CCC3)nn2)c(OC)c1. The zero-order valence-electron chi connectivity index (χ0n) is 24.2. The van der Waals surface area contributed by atoms with Gasteiger partial charge in [0.25, 0.3) is 5.91 Å². The number of benzene rings is 2. The molecule has 1 aliphatic heterocycles. The molecule has 2 aliphatic carbocycles. The summed E-state index contributed by atoms with van der Waals surface area (Å²) in [6, 6.07) is 12.7. The summed E-state index contributed by atoms with van der Waals surface area (Å²) in [5, 5.41) is 11.6. The molecule has 11 heteroatoms. The molecule has 1 saturated carbocycles. The van der Waals surface area contributed by atoms with Crippen molar-refractivity contribution in [3.05, 3.63) is 71.0 Å². The molecule has 0 bridgehead atoms. The second-order valence-corrected chi connectivity index (χ2v) is 11.4. The number of urea groups is 1. The topological polar surface area (TPSA) is 119 Å². The van der Waals surface area contributed by atoms with Crippen molar-refractivity contribution in [3.8, 4) is 11.5 Å². The van der Waals surface area contributed by atoms with E-state index in [-0.39, 0.29) is 30.9 Å². The lowest BCUT2D eigenvalue weighted by Crippen LogP contribution is -2.49. The molecule has 42 heavy (non-hydrogen) atoms. The highest BCUT2D eigenvalue weighted by molar-refractivity contribution is 6.10. The Bertz CT molecular complexity index is 1520. The minimum atomic E-state index is -1.09. The van der Waals surface area contributed by atoms with E-state index >= 15 is 0 Å². The molecule has 2 fully saturated rings. The number of carbonyl (C=O) groups excluding carboxylic acids is 3. The predicted molar refractivity (Wildman–Crippen MR) is 153 cm³/mol. The van der Waals surface area contributed by atoms with Gasteiger partial charge in [-0.2, -0.15) is 0 Å². The van der Waals surface area contributed by atoms with Crippen LogP contribution in [-0.4, -0.2) is 69.4 Å². The van der Waals surface area contributed by atoms with Crippen LogP contribution in [0.4, 0.5) is 4.79 Å². The van der Waals surface area contributed by atoms with Crippen LogP contribution in [0.2, 0.25) is 0 Å². The van der Waals surface area contributed by atoms with E-state index in [9.17, 15) is 14.4 Å². The number of methoxy groups -OCH3 is 2. The third-order valence-corrected chi connectivity index (χ3v) is 9.10. The lowest BCUT2D eigenvalue weighted by atomic mass is 9.79. The molecule has 3 aromatic rings. The standard InChI is InChI=1S/C31H36N6O5/c1-20(21-8-6-9-21)36(18-24-17-35(34-33-24)16-23-11-12-25(41-2)15-27(23)42-3)28(38)19-37-29(39)31(32-30(37)40)14-13-22-7-4-5-10-26(22)31/h4-5,7,10-12,15,17,20-21H,6,8-9,13-14,16,18-19H2,1-3H3,(H,32,40)/t20-,31-/m0/s1. The monoisotopic (exact) mass is 572 g/mol. The highest BCUT2D eigenvalue weighted by Crippen LogP contribution is 2.41. The number of rotatable bonds is 10. The number of aryl methyl sites for hydroxylation is 1. The molecule has 1 saturated heterocycles. The fraction of sp³-hybridized carbons (Fsp3) is 0.452. The summed E-state index contributed by atoms with van der Waals surface area (Å²) in [6.07, 6.45) is 6.22. The van der Waals surface area contributed by atoms with E-state index in [1.54, 1.807) is 23.8 Å². The van der Waals surface area contributed by atoms with E-state index in [1.807, 2.05) is 55.6 Å². The van der Waals surface area contributed by atoms with Gasteiger partial charge >= 0.3 is 6.03 Å². The number of hydrogen-bond donors (Lipinski definition) is 1. The fourth-order valence-corrected chi connectivity index (χ4v) is 6.42. The Labute approximate surface area is 244 Å². The number of amides is 4. The molecule has 3 aliphatic rings. The van der Waals surface area contributed by atoms with Crippen molar-refractivity contribution in [1.29, 1.82) is 0 Å². The molecule has 2 aromatic carbocycles. The number of aromatic nitrogens is 3. The van der Waals surface area contributed by atoms with Gasteiger partial charge in [0.05, 0.1) is 33.5 Å². The lowest BCUT2D eigenvalue weighted by Gasteiger charge is -2.39. The Hall–Kier alpha value is -4.41. The summed E-state index contributed by atoms with van der Waals surface area (Å²) in [5.74, 6) is 1.10. The Kier molecular flexibility index (Phi) is 7.34. The van der Waals surface area contributed by atoms with Crippen LogP contribution in [0.25, 0.3) is 0 Å². The molecule has 0 radical (unpaired) electrons. The second kappa shape index (κ2) is 11.1. The first-order valence-electron chi connectivity index (χ1n) is 14.4. The maximum atomic E-state index is 13.8. The first-order chi connectivity index (χ1) is 20.3. The van der Waals surface area contributed by atoms with Crippen LogP contribution in [-0.2, 0) is 34.6 Å². The van der Waals surface area contributed by atoms with Crippen molar-refractivity contribution in [3.63, 3.8) is 0 Å². The number of imide groups is 1. The van der Waals surface area contributed by atoms with Crippen LogP contribution in [0.3, 0.4) is 0 Å². The highest BCUT2D eigenvalue weighted by Gasteiger charge is 2.55. The highest BCUT2D eigenvalue weighted by atomic mass is 16.5. The van der Waals surface area contributed by atoms with E-state index in [1.165, 1.54) is 0 Å². The first kappa shape index (κ1) is 27.7. The van der Waals surface area contributed by atoms with Crippen LogP contribution in [0.1, 0.15) is 55.0 Å². The molecule has 11 nitrogen and oxygen atoms in total. The quantitative estimate of drug-likeness (QED) is 0.371. The van der Waals surface area contributed by atoms with E-state index in [2.05, 4.69) is 15.6 Å². The van der Waals surface area contributed by atoms with Crippen LogP contribution in [0.5, 0.6) is 11.5 Å². The fourth-order valence-electron chi connectivity index (χ4n) is 6.42. The summed E-state index contributed by atoms with van der Waals surface area (Å²) < 4.78 is 12.5. The van der Waals surface area contributed by atoms with Gasteiger partial charge in [-0.25, -0.2) is 9.48 Å². The van der Waals surface area contributed by atoms with Crippen LogP contribution in [0, 0.1) is 5.92 Å². The summed E-state index contributed by atoms with van der Waals surface area (Å²) in [5.41, 5.74) is 2.31. The number of nitrogens with one attached hydrogen (secondary N) is 1. The summed E-state index contributed by atoms with van der Waals surface area (Å²) in [6.45, 7) is 2.38. The van der Waals surface area contributed by atoms with E-state index in [0.717, 1.165) is 40.9 Å². The minimum Gasteiger partial charge on any atom is -0.497 e. The zero-order valence-corrected chi connectivity index (χ0v) is 24.2. The normalized spacial score (nSPS) is 20.3. The third-order valence-electron chi connectivity index (χ3n) is 9.10. The molecular weight excluding hydrogens is 536 g/mol. The van der Waals surface area contributed by atoms with Gasteiger partial charge in [0, 0.05) is 17.7 Å². The van der Waals surface area contributed by atoms with Crippen molar-refractivity contribution in [1.82, 2.24) is 30.1 Å². The third kappa shape index (κ3) is 4.86. The van der Waals surface area contributed by atoms with E-state index < -0.39 is 11.6 Å². The van der Waals surface area contributed by atoms with Gasteiger partial charge in [-0.05, 0) is 61.8 Å². The summed E-state index contributed by atoms with van der Waals surface area (Å²) in [4.78, 5) is 43.5. The average molecular weight is 573 g/mol. The molecule has 4 amide bonds. The van der Waals surface area contributed by atoms with Gasteiger partial charge in [0.1, 0.15) is 29.3 Å². The van der Waals surface area contributed by atoms with Gasteiger partial charge < -0.3 is 19.7 Å². The van der Waals surface area contributed by atoms with Crippen molar-refractivity contribution >= 4 is 17.8 Å². The van der Waals surface area contributed by atoms with Crippen LogP contribution in [0.15, 0.2) is 48.7 Å². The van der Waals surface area contributed by atoms with Gasteiger partial charge in [0.2, 0.25) is 5.91 Å². The first-order valence-corrected chi connectivity index (χ1v) is 14.4. The number of fused-ring (bicyclic) bond motifs is 2. The van der Waals surface area contributed by atoms with Gasteiger partial charge in [-0.1, -0.05) is 35.9 Å². The van der Waals surface area contributed by atoms with Gasteiger partial charge in [0.15, 0.2) is 0 Å². The van der Waals surface area contributed by atoms with Gasteiger partial charge in [-0.15, -0.1) is 5.10 Å². The molecule has 6 rings (SSSR count). The van der Waals surface area contributed by atoms with Crippen molar-refractivity contribution in [2.75, 3.05) is 20.8 Å². The Morgan fingerprint density at radius 3 is 2.71 bits per heavy atom. The summed E-state index contributed by atoms with van der Waals surface area (Å²) in [7, 11) is 3.21. The smallest absolute Gasteiger partial charge is 0.325 e. The zero-order chi connectivity index (χ0) is 29.4. The number of ether oxygens (including phenoxy) is 2. The number of hydrogen-bond acceptors (Lipinski definition) is 7. The molecular formula is C31H36N6O5. The number of nitrogens with zero attached hydrogens (tertiary/aromatic N) is 5. The van der Waals surface area contributed by atoms with Crippen LogP contribution >= 0.6 is 0 Å². The molecule has 0 unspecified atom stereocenters. The molecule has 1 N–H and O–H groups in total. The van der Waals surface area contributed by atoms with E-state index in [4.69, 9.17) is 9.47 Å². The summed E-state index contributed by atoms with van der Waals surface area (Å²) >= 11 is 0. The van der Waals surface area contributed by atoms with Gasteiger partial charge in [-0.3, -0.25) is 14.5 Å². The molecule has 220 valence electrons. The average Bonchev–Trinajstić information content (AvgIpc) is 3.64. The molecule has 2 atom stereocenters.